The van der Waals surface area contributed by atoms with Gasteiger partial charge < -0.3 is 10.6 Å². The van der Waals surface area contributed by atoms with Crippen LogP contribution < -0.4 is 10.6 Å². The minimum atomic E-state index is -0.619. The number of hydrogen-bond donors (Lipinski definition) is 2. The van der Waals surface area contributed by atoms with E-state index in [-0.39, 0.29) is 5.91 Å². The minimum Gasteiger partial charge on any atom is -0.353 e. The summed E-state index contributed by atoms with van der Waals surface area (Å²) in [5.41, 5.74) is 0.479. The van der Waals surface area contributed by atoms with E-state index in [4.69, 9.17) is 0 Å². The van der Waals surface area contributed by atoms with Gasteiger partial charge in [-0.15, -0.1) is 0 Å². The maximum Gasteiger partial charge on any atom is 0.237 e. The third-order valence-corrected chi connectivity index (χ3v) is 2.49. The predicted molar refractivity (Wildman–Crippen MR) is 54.9 cm³/mol. The quantitative estimate of drug-likeness (QED) is 0.775. The largest absolute Gasteiger partial charge is 0.353 e. The number of carbonyl (C=O) groups is 1. The van der Waals surface area contributed by atoms with Crippen LogP contribution in [0.5, 0.6) is 0 Å². The van der Waals surface area contributed by atoms with Crippen LogP contribution in [0.4, 0.5) is 8.78 Å². The SMILES string of the molecule is O=C1NCCN[C@H]1Cc1cc(F)cc(F)c1. The standard InChI is InChI=1S/C11H12F2N2O/c12-8-3-7(4-9(13)6-8)5-10-11(16)15-2-1-14-10/h3-4,6,10,14H,1-2,5H2,(H,15,16)/t10-/m0/s1. The lowest BCUT2D eigenvalue weighted by molar-refractivity contribution is -0.124. The number of nitrogens with one attached hydrogen (secondary N) is 2. The molecular weight excluding hydrogens is 214 g/mol. The van der Waals surface area contributed by atoms with Gasteiger partial charge >= 0.3 is 0 Å². The molecule has 1 amide bonds. The number of halogens is 2. The van der Waals surface area contributed by atoms with E-state index in [0.717, 1.165) is 6.07 Å². The van der Waals surface area contributed by atoms with E-state index < -0.39 is 17.7 Å². The normalized spacial score (nSPS) is 20.6. The number of amides is 1. The first-order valence-electron chi connectivity index (χ1n) is 5.11. The fourth-order valence-corrected chi connectivity index (χ4v) is 1.78. The summed E-state index contributed by atoms with van der Waals surface area (Å²) in [7, 11) is 0. The average molecular weight is 226 g/mol. The summed E-state index contributed by atoms with van der Waals surface area (Å²) in [6, 6.07) is 2.90. The van der Waals surface area contributed by atoms with Gasteiger partial charge in [-0.3, -0.25) is 4.79 Å². The summed E-state index contributed by atoms with van der Waals surface area (Å²) < 4.78 is 25.8. The number of hydrogen-bond acceptors (Lipinski definition) is 2. The van der Waals surface area contributed by atoms with E-state index in [0.29, 0.717) is 25.1 Å². The van der Waals surface area contributed by atoms with Crippen molar-refractivity contribution in [3.05, 3.63) is 35.4 Å². The average Bonchev–Trinajstić information content (AvgIpc) is 2.20. The number of benzene rings is 1. The van der Waals surface area contributed by atoms with Crippen molar-refractivity contribution in [1.29, 1.82) is 0 Å². The van der Waals surface area contributed by atoms with Crippen LogP contribution >= 0.6 is 0 Å². The topological polar surface area (TPSA) is 41.1 Å². The minimum absolute atomic E-state index is 0.129. The molecule has 1 saturated heterocycles. The third-order valence-electron chi connectivity index (χ3n) is 2.49. The van der Waals surface area contributed by atoms with Gasteiger partial charge in [0.25, 0.3) is 0 Å². The molecule has 1 fully saturated rings. The van der Waals surface area contributed by atoms with Crippen molar-refractivity contribution in [3.63, 3.8) is 0 Å². The predicted octanol–water partition coefficient (Wildman–Crippen LogP) is 0.595. The second kappa shape index (κ2) is 4.57. The highest BCUT2D eigenvalue weighted by atomic mass is 19.1. The van der Waals surface area contributed by atoms with Gasteiger partial charge in [0.05, 0.1) is 6.04 Å². The Kier molecular flexibility index (Phi) is 3.14. The van der Waals surface area contributed by atoms with Gasteiger partial charge in [0.1, 0.15) is 11.6 Å². The van der Waals surface area contributed by atoms with Crippen molar-refractivity contribution in [2.45, 2.75) is 12.5 Å². The molecule has 0 radical (unpaired) electrons. The van der Waals surface area contributed by atoms with Crippen LogP contribution in [0.2, 0.25) is 0 Å². The fraction of sp³-hybridized carbons (Fsp3) is 0.364. The first-order valence-corrected chi connectivity index (χ1v) is 5.11. The summed E-state index contributed by atoms with van der Waals surface area (Å²) in [5.74, 6) is -1.37. The van der Waals surface area contributed by atoms with E-state index in [1.165, 1.54) is 12.1 Å². The molecule has 2 rings (SSSR count). The summed E-state index contributed by atoms with van der Waals surface area (Å²) in [6.45, 7) is 1.26. The Bertz CT molecular complexity index is 389. The Morgan fingerprint density at radius 1 is 1.19 bits per heavy atom. The van der Waals surface area contributed by atoms with Crippen LogP contribution in [0.15, 0.2) is 18.2 Å². The van der Waals surface area contributed by atoms with Crippen LogP contribution in [0.1, 0.15) is 5.56 Å². The first kappa shape index (κ1) is 11.0. The molecule has 0 spiro atoms. The lowest BCUT2D eigenvalue weighted by Gasteiger charge is -2.23. The van der Waals surface area contributed by atoms with Gasteiger partial charge in [-0.2, -0.15) is 0 Å². The van der Waals surface area contributed by atoms with Gasteiger partial charge in [0.15, 0.2) is 0 Å². The van der Waals surface area contributed by atoms with Crippen molar-refractivity contribution in [3.8, 4) is 0 Å². The highest BCUT2D eigenvalue weighted by Crippen LogP contribution is 2.10. The molecule has 1 atom stereocenters. The number of rotatable bonds is 2. The molecule has 1 aliphatic rings. The van der Waals surface area contributed by atoms with E-state index in [2.05, 4.69) is 10.6 Å². The molecular formula is C11H12F2N2O. The van der Waals surface area contributed by atoms with E-state index in [1.54, 1.807) is 0 Å². The van der Waals surface area contributed by atoms with Crippen molar-refractivity contribution >= 4 is 5.91 Å². The second-order valence-electron chi connectivity index (χ2n) is 3.78. The summed E-state index contributed by atoms with van der Waals surface area (Å²) in [6.07, 6.45) is 0.292. The van der Waals surface area contributed by atoms with Crippen LogP contribution in [0, 0.1) is 11.6 Å². The first-order chi connectivity index (χ1) is 7.65. The molecule has 16 heavy (non-hydrogen) atoms. The fourth-order valence-electron chi connectivity index (χ4n) is 1.78. The van der Waals surface area contributed by atoms with Crippen molar-refractivity contribution in [1.82, 2.24) is 10.6 Å². The molecule has 3 nitrogen and oxygen atoms in total. The molecule has 0 bridgehead atoms. The third kappa shape index (κ3) is 2.55. The lowest BCUT2D eigenvalue weighted by Crippen LogP contribution is -2.53. The Morgan fingerprint density at radius 3 is 2.50 bits per heavy atom. The molecule has 0 aromatic heterocycles. The van der Waals surface area contributed by atoms with Gasteiger partial charge in [-0.25, -0.2) is 8.78 Å². The van der Waals surface area contributed by atoms with Gasteiger partial charge in [0, 0.05) is 19.2 Å². The van der Waals surface area contributed by atoms with E-state index in [9.17, 15) is 13.6 Å². The highest BCUT2D eigenvalue weighted by Gasteiger charge is 2.21. The number of piperazine rings is 1. The summed E-state index contributed by atoms with van der Waals surface area (Å²) >= 11 is 0. The van der Waals surface area contributed by atoms with E-state index in [1.807, 2.05) is 0 Å². The summed E-state index contributed by atoms with van der Waals surface area (Å²) in [4.78, 5) is 11.4. The van der Waals surface area contributed by atoms with Gasteiger partial charge in [-0.1, -0.05) is 0 Å². The Morgan fingerprint density at radius 2 is 1.88 bits per heavy atom. The smallest absolute Gasteiger partial charge is 0.237 e. The zero-order chi connectivity index (χ0) is 11.5. The molecule has 1 heterocycles. The zero-order valence-electron chi connectivity index (χ0n) is 8.59. The molecule has 0 unspecified atom stereocenters. The maximum absolute atomic E-state index is 12.9. The molecule has 1 aliphatic heterocycles. The Hall–Kier alpha value is -1.49. The van der Waals surface area contributed by atoms with Crippen molar-refractivity contribution in [2.24, 2.45) is 0 Å². The monoisotopic (exact) mass is 226 g/mol. The number of carbonyl (C=O) groups excluding carboxylic acids is 1. The highest BCUT2D eigenvalue weighted by molar-refractivity contribution is 5.82. The molecule has 1 aromatic carbocycles. The molecule has 5 heteroatoms. The van der Waals surface area contributed by atoms with Crippen LogP contribution in [0.25, 0.3) is 0 Å². The second-order valence-corrected chi connectivity index (χ2v) is 3.78. The Labute approximate surface area is 91.8 Å². The molecule has 2 N–H and O–H groups in total. The van der Waals surface area contributed by atoms with Crippen LogP contribution in [-0.4, -0.2) is 25.0 Å². The van der Waals surface area contributed by atoms with Crippen molar-refractivity contribution < 1.29 is 13.6 Å². The zero-order valence-corrected chi connectivity index (χ0v) is 8.59. The molecule has 1 aromatic rings. The molecule has 0 saturated carbocycles. The van der Waals surface area contributed by atoms with Gasteiger partial charge in [-0.05, 0) is 24.1 Å². The lowest BCUT2D eigenvalue weighted by atomic mass is 10.0. The Balaban J connectivity index is 2.10. The van der Waals surface area contributed by atoms with Gasteiger partial charge in [0.2, 0.25) is 5.91 Å². The molecule has 0 aliphatic carbocycles. The maximum atomic E-state index is 12.9. The van der Waals surface area contributed by atoms with Crippen molar-refractivity contribution in [2.75, 3.05) is 13.1 Å². The molecule has 86 valence electrons. The summed E-state index contributed by atoms with van der Waals surface area (Å²) in [5, 5.41) is 5.69. The van der Waals surface area contributed by atoms with Crippen LogP contribution in [0.3, 0.4) is 0 Å². The van der Waals surface area contributed by atoms with Crippen LogP contribution in [-0.2, 0) is 11.2 Å². The van der Waals surface area contributed by atoms with E-state index >= 15 is 0 Å².